The molecule has 2 aromatic rings. The molecule has 2 aromatic heterocycles. The number of hydrogen-bond donors (Lipinski definition) is 0. The molecule has 2 heterocycles. The number of hydrogen-bond acceptors (Lipinski definition) is 1. The molecular weight excluding hydrogens is 200 g/mol. The van der Waals surface area contributed by atoms with Crippen LogP contribution in [0.25, 0.3) is 0 Å². The van der Waals surface area contributed by atoms with E-state index in [9.17, 15) is 4.79 Å². The minimum absolute atomic E-state index is 0.203. The maximum atomic E-state index is 11.9. The van der Waals surface area contributed by atoms with E-state index in [0.717, 1.165) is 12.1 Å². The molecule has 3 nitrogen and oxygen atoms in total. The highest BCUT2D eigenvalue weighted by Crippen LogP contribution is 2.08. The van der Waals surface area contributed by atoms with E-state index in [1.54, 1.807) is 0 Å². The Morgan fingerprint density at radius 2 is 1.81 bits per heavy atom. The fourth-order valence-corrected chi connectivity index (χ4v) is 1.88. The van der Waals surface area contributed by atoms with Crippen molar-refractivity contribution in [2.24, 2.45) is 14.1 Å². The number of nitrogens with zero attached hydrogens (tertiary/aromatic N) is 2. The van der Waals surface area contributed by atoms with Gasteiger partial charge in [0.1, 0.15) is 0 Å². The van der Waals surface area contributed by atoms with Crippen molar-refractivity contribution in [2.75, 3.05) is 0 Å². The van der Waals surface area contributed by atoms with Crippen LogP contribution < -0.4 is 0 Å². The molecule has 0 saturated heterocycles. The van der Waals surface area contributed by atoms with Crippen LogP contribution >= 0.6 is 0 Å². The van der Waals surface area contributed by atoms with Gasteiger partial charge in [-0.25, -0.2) is 0 Å². The first-order valence-electron chi connectivity index (χ1n) is 5.43. The lowest BCUT2D eigenvalue weighted by atomic mass is 10.1. The minimum Gasteiger partial charge on any atom is -0.354 e. The fourth-order valence-electron chi connectivity index (χ4n) is 1.88. The lowest BCUT2D eigenvalue weighted by molar-refractivity contribution is 0.0974. The van der Waals surface area contributed by atoms with Crippen molar-refractivity contribution in [3.8, 4) is 0 Å². The van der Waals surface area contributed by atoms with Crippen LogP contribution in [0.5, 0.6) is 0 Å². The third kappa shape index (κ3) is 2.08. The number of ketones is 1. The predicted molar refractivity (Wildman–Crippen MR) is 63.5 cm³/mol. The Kier molecular flexibility index (Phi) is 2.95. The molecule has 0 amide bonds. The first-order valence-corrected chi connectivity index (χ1v) is 5.43. The van der Waals surface area contributed by atoms with Crippen LogP contribution in [0.2, 0.25) is 0 Å². The second-order valence-corrected chi connectivity index (χ2v) is 4.04. The quantitative estimate of drug-likeness (QED) is 0.720. The van der Waals surface area contributed by atoms with Gasteiger partial charge in [0.15, 0.2) is 5.78 Å². The van der Waals surface area contributed by atoms with Crippen molar-refractivity contribution >= 4 is 5.78 Å². The number of rotatable bonds is 4. The fraction of sp³-hybridized carbons (Fsp3) is 0.308. The summed E-state index contributed by atoms with van der Waals surface area (Å²) in [5, 5.41) is 0. The van der Waals surface area contributed by atoms with Crippen LogP contribution in [0.15, 0.2) is 36.7 Å². The van der Waals surface area contributed by atoms with E-state index in [4.69, 9.17) is 0 Å². The Labute approximate surface area is 95.3 Å². The number of aromatic nitrogens is 2. The summed E-state index contributed by atoms with van der Waals surface area (Å²) in [6.45, 7) is 0. The zero-order valence-electron chi connectivity index (χ0n) is 9.68. The highest BCUT2D eigenvalue weighted by Gasteiger charge is 2.09. The van der Waals surface area contributed by atoms with Crippen LogP contribution in [-0.2, 0) is 20.5 Å². The summed E-state index contributed by atoms with van der Waals surface area (Å²) in [6.07, 6.45) is 5.27. The second kappa shape index (κ2) is 4.39. The molecule has 0 aliphatic rings. The molecule has 0 aromatic carbocycles. The lowest BCUT2D eigenvalue weighted by Gasteiger charge is -2.04. The molecule has 0 atom stereocenters. The highest BCUT2D eigenvalue weighted by atomic mass is 16.1. The zero-order valence-corrected chi connectivity index (χ0v) is 9.68. The molecule has 3 heteroatoms. The van der Waals surface area contributed by atoms with Gasteiger partial charge in [0.25, 0.3) is 0 Å². The Morgan fingerprint density at radius 3 is 2.38 bits per heavy atom. The average Bonchev–Trinajstić information content (AvgIpc) is 2.84. The molecule has 0 bridgehead atoms. The van der Waals surface area contributed by atoms with Crippen LogP contribution in [0.4, 0.5) is 0 Å². The number of aryl methyl sites for hydroxylation is 3. The van der Waals surface area contributed by atoms with E-state index in [-0.39, 0.29) is 5.78 Å². The summed E-state index contributed by atoms with van der Waals surface area (Å²) in [4.78, 5) is 11.9. The third-order valence-corrected chi connectivity index (χ3v) is 2.89. The molecule has 0 N–H and O–H groups in total. The average molecular weight is 216 g/mol. The maximum Gasteiger partial charge on any atom is 0.179 e. The molecule has 16 heavy (non-hydrogen) atoms. The lowest BCUT2D eigenvalue weighted by Crippen LogP contribution is -2.07. The van der Waals surface area contributed by atoms with Gasteiger partial charge in [-0.2, -0.15) is 0 Å². The Morgan fingerprint density at radius 1 is 1.12 bits per heavy atom. The predicted octanol–water partition coefficient (Wildman–Crippen LogP) is 2.18. The molecule has 84 valence electrons. The Hall–Kier alpha value is -1.77. The molecule has 0 radical (unpaired) electrons. The van der Waals surface area contributed by atoms with Crippen molar-refractivity contribution in [1.82, 2.24) is 9.13 Å². The number of carbonyl (C=O) groups is 1. The summed E-state index contributed by atoms with van der Waals surface area (Å²) >= 11 is 0. The van der Waals surface area contributed by atoms with Crippen molar-refractivity contribution in [3.63, 3.8) is 0 Å². The van der Waals surface area contributed by atoms with Crippen molar-refractivity contribution in [2.45, 2.75) is 12.8 Å². The van der Waals surface area contributed by atoms with Crippen LogP contribution in [0.1, 0.15) is 22.6 Å². The van der Waals surface area contributed by atoms with Crippen molar-refractivity contribution in [3.05, 3.63) is 48.0 Å². The SMILES string of the molecule is Cn1cccc1CCC(=O)c1cccn1C. The van der Waals surface area contributed by atoms with Gasteiger partial charge in [-0.05, 0) is 30.7 Å². The second-order valence-electron chi connectivity index (χ2n) is 4.04. The van der Waals surface area contributed by atoms with E-state index in [0.29, 0.717) is 6.42 Å². The van der Waals surface area contributed by atoms with Gasteiger partial charge in [0.2, 0.25) is 0 Å². The summed E-state index contributed by atoms with van der Waals surface area (Å²) in [5.74, 6) is 0.203. The van der Waals surface area contributed by atoms with Gasteiger partial charge >= 0.3 is 0 Å². The Balaban J connectivity index is 1.99. The summed E-state index contributed by atoms with van der Waals surface area (Å²) in [6, 6.07) is 7.82. The topological polar surface area (TPSA) is 26.9 Å². The highest BCUT2D eigenvalue weighted by molar-refractivity contribution is 5.94. The molecule has 0 aliphatic heterocycles. The first kappa shape index (κ1) is 10.7. The molecular formula is C13H16N2O. The number of carbonyl (C=O) groups excluding carboxylic acids is 1. The third-order valence-electron chi connectivity index (χ3n) is 2.89. The molecule has 0 spiro atoms. The van der Waals surface area contributed by atoms with Crippen LogP contribution in [0.3, 0.4) is 0 Å². The molecule has 0 saturated carbocycles. The largest absolute Gasteiger partial charge is 0.354 e. The van der Waals surface area contributed by atoms with Gasteiger partial charge in [0.05, 0.1) is 5.69 Å². The molecule has 2 rings (SSSR count). The van der Waals surface area contributed by atoms with E-state index in [1.807, 2.05) is 49.3 Å². The van der Waals surface area contributed by atoms with Gasteiger partial charge in [0, 0.05) is 38.6 Å². The standard InChI is InChI=1S/C13H16N2O/c1-14-9-3-5-11(14)7-8-13(16)12-6-4-10-15(12)2/h3-6,9-10H,7-8H2,1-2H3. The van der Waals surface area contributed by atoms with Gasteiger partial charge < -0.3 is 9.13 Å². The minimum atomic E-state index is 0.203. The van der Waals surface area contributed by atoms with Crippen LogP contribution in [0, 0.1) is 0 Å². The summed E-state index contributed by atoms with van der Waals surface area (Å²) in [5.41, 5.74) is 1.98. The smallest absolute Gasteiger partial charge is 0.179 e. The zero-order chi connectivity index (χ0) is 11.5. The van der Waals surface area contributed by atoms with Gasteiger partial charge in [-0.3, -0.25) is 4.79 Å². The molecule has 0 fully saturated rings. The van der Waals surface area contributed by atoms with Crippen LogP contribution in [-0.4, -0.2) is 14.9 Å². The van der Waals surface area contributed by atoms with E-state index < -0.39 is 0 Å². The summed E-state index contributed by atoms with van der Waals surface area (Å²) < 4.78 is 3.92. The normalized spacial score (nSPS) is 10.6. The van der Waals surface area contributed by atoms with E-state index >= 15 is 0 Å². The van der Waals surface area contributed by atoms with Gasteiger partial charge in [-0.15, -0.1) is 0 Å². The van der Waals surface area contributed by atoms with Crippen molar-refractivity contribution in [1.29, 1.82) is 0 Å². The maximum absolute atomic E-state index is 11.9. The number of Topliss-reactive ketones (excluding diaryl/α,β-unsaturated/α-hetero) is 1. The Bertz CT molecular complexity index is 494. The molecule has 0 unspecified atom stereocenters. The first-order chi connectivity index (χ1) is 7.68. The molecule has 0 aliphatic carbocycles. The van der Waals surface area contributed by atoms with Crippen molar-refractivity contribution < 1.29 is 4.79 Å². The van der Waals surface area contributed by atoms with Gasteiger partial charge in [-0.1, -0.05) is 0 Å². The monoisotopic (exact) mass is 216 g/mol. The van der Waals surface area contributed by atoms with E-state index in [2.05, 4.69) is 10.6 Å². The van der Waals surface area contributed by atoms with E-state index in [1.165, 1.54) is 5.69 Å². The summed E-state index contributed by atoms with van der Waals surface area (Å²) in [7, 11) is 3.90.